The molecule has 1 aliphatic heterocycles. The Balaban J connectivity index is 2.18. The fraction of sp³-hybridized carbons (Fsp3) is 1.00. The Morgan fingerprint density at radius 1 is 1.12 bits per heavy atom. The van der Waals surface area contributed by atoms with E-state index in [-0.39, 0.29) is 0 Å². The Labute approximate surface area is 108 Å². The van der Waals surface area contributed by atoms with Crippen LogP contribution < -0.4 is 0 Å². The van der Waals surface area contributed by atoms with Crippen LogP contribution in [0.25, 0.3) is 0 Å². The molecule has 0 aliphatic carbocycles. The normalized spacial score (nSPS) is 20.6. The molecule has 1 rings (SSSR count). The molecule has 17 heavy (non-hydrogen) atoms. The summed E-state index contributed by atoms with van der Waals surface area (Å²) in [5.74, 6) is 0. The molecule has 0 bridgehead atoms. The molecule has 0 radical (unpaired) electrons. The second-order valence-corrected chi connectivity index (χ2v) is 5.88. The zero-order valence-electron chi connectivity index (χ0n) is 12.1. The van der Waals surface area contributed by atoms with E-state index in [0.29, 0.717) is 5.41 Å². The maximum atomic E-state index is 5.39. The molecule has 1 fully saturated rings. The summed E-state index contributed by atoms with van der Waals surface area (Å²) in [6, 6.07) is 0. The number of rotatable bonds is 9. The van der Waals surface area contributed by atoms with Crippen molar-refractivity contribution in [2.45, 2.75) is 65.7 Å². The van der Waals surface area contributed by atoms with Crippen molar-refractivity contribution in [3.63, 3.8) is 0 Å². The Kier molecular flexibility index (Phi) is 7.14. The summed E-state index contributed by atoms with van der Waals surface area (Å²) in [6.07, 6.45) is 9.62. The fourth-order valence-corrected chi connectivity index (χ4v) is 2.51. The smallest absolute Gasteiger partial charge is 0.0991 e. The first-order valence-corrected chi connectivity index (χ1v) is 7.50. The predicted octanol–water partition coefficient (Wildman–Crippen LogP) is 4.05. The second kappa shape index (κ2) is 8.10. The largest absolute Gasteiger partial charge is 0.365 e. The topological polar surface area (TPSA) is 12.5 Å². The van der Waals surface area contributed by atoms with Crippen LogP contribution in [0.2, 0.25) is 0 Å². The summed E-state index contributed by atoms with van der Waals surface area (Å²) in [7, 11) is 0. The Morgan fingerprint density at radius 3 is 2.53 bits per heavy atom. The van der Waals surface area contributed by atoms with Crippen molar-refractivity contribution in [1.29, 1.82) is 0 Å². The Hall–Kier alpha value is -0.0800. The first kappa shape index (κ1) is 15.0. The van der Waals surface area contributed by atoms with E-state index in [1.165, 1.54) is 51.5 Å². The maximum absolute atomic E-state index is 5.39. The average molecular weight is 241 g/mol. The van der Waals surface area contributed by atoms with Crippen molar-refractivity contribution in [2.75, 3.05) is 26.4 Å². The van der Waals surface area contributed by atoms with Gasteiger partial charge in [-0.3, -0.25) is 4.90 Å². The van der Waals surface area contributed by atoms with Gasteiger partial charge in [-0.2, -0.15) is 0 Å². The van der Waals surface area contributed by atoms with Gasteiger partial charge in [0.1, 0.15) is 0 Å². The summed E-state index contributed by atoms with van der Waals surface area (Å²) < 4.78 is 5.39. The molecule has 2 nitrogen and oxygen atoms in total. The van der Waals surface area contributed by atoms with Crippen LogP contribution in [0.4, 0.5) is 0 Å². The molecular weight excluding hydrogens is 210 g/mol. The zero-order valence-corrected chi connectivity index (χ0v) is 12.1. The van der Waals surface area contributed by atoms with Crippen LogP contribution in [0, 0.1) is 5.41 Å². The molecule has 0 saturated carbocycles. The number of unbranched alkanes of at least 4 members (excludes halogenated alkanes) is 3. The fourth-order valence-electron chi connectivity index (χ4n) is 2.51. The van der Waals surface area contributed by atoms with E-state index in [1.807, 2.05) is 0 Å². The number of ether oxygens (including phenoxy) is 1. The van der Waals surface area contributed by atoms with Gasteiger partial charge < -0.3 is 4.74 Å². The predicted molar refractivity (Wildman–Crippen MR) is 74.2 cm³/mol. The van der Waals surface area contributed by atoms with Gasteiger partial charge in [-0.15, -0.1) is 0 Å². The molecule has 1 heterocycles. The molecule has 0 N–H and O–H groups in total. The Bertz CT molecular complexity index is 189. The van der Waals surface area contributed by atoms with Gasteiger partial charge in [-0.25, -0.2) is 0 Å². The van der Waals surface area contributed by atoms with Crippen LogP contribution in [-0.4, -0.2) is 31.3 Å². The Morgan fingerprint density at radius 2 is 1.94 bits per heavy atom. The molecule has 0 amide bonds. The van der Waals surface area contributed by atoms with Gasteiger partial charge in [0, 0.05) is 13.1 Å². The lowest BCUT2D eigenvalue weighted by Crippen LogP contribution is -2.27. The molecule has 0 aromatic carbocycles. The molecule has 1 aliphatic rings. The van der Waals surface area contributed by atoms with Crippen LogP contribution in [0.15, 0.2) is 0 Å². The SMILES string of the molecule is CCCCCCC(C)(CC)CCN1CCOC1. The van der Waals surface area contributed by atoms with E-state index < -0.39 is 0 Å². The van der Waals surface area contributed by atoms with E-state index in [4.69, 9.17) is 4.74 Å². The van der Waals surface area contributed by atoms with Crippen molar-refractivity contribution in [3.8, 4) is 0 Å². The third kappa shape index (κ3) is 5.87. The first-order chi connectivity index (χ1) is 8.20. The summed E-state index contributed by atoms with van der Waals surface area (Å²) >= 11 is 0. The summed E-state index contributed by atoms with van der Waals surface area (Å²) in [5.41, 5.74) is 0.552. The van der Waals surface area contributed by atoms with Crippen LogP contribution in [0.3, 0.4) is 0 Å². The van der Waals surface area contributed by atoms with Crippen molar-refractivity contribution in [3.05, 3.63) is 0 Å². The zero-order chi connectivity index (χ0) is 12.6. The van der Waals surface area contributed by atoms with Gasteiger partial charge in [-0.1, -0.05) is 52.9 Å². The molecule has 0 aromatic heterocycles. The van der Waals surface area contributed by atoms with Crippen LogP contribution in [-0.2, 0) is 4.74 Å². The van der Waals surface area contributed by atoms with Crippen molar-refractivity contribution in [2.24, 2.45) is 5.41 Å². The molecule has 1 saturated heterocycles. The van der Waals surface area contributed by atoms with Gasteiger partial charge in [-0.05, 0) is 18.3 Å². The maximum Gasteiger partial charge on any atom is 0.0991 e. The van der Waals surface area contributed by atoms with E-state index in [2.05, 4.69) is 25.7 Å². The number of hydrogen-bond acceptors (Lipinski definition) is 2. The molecule has 2 heteroatoms. The van der Waals surface area contributed by atoms with E-state index in [0.717, 1.165) is 19.9 Å². The van der Waals surface area contributed by atoms with Crippen LogP contribution >= 0.6 is 0 Å². The molecular formula is C15H31NO. The van der Waals surface area contributed by atoms with Gasteiger partial charge >= 0.3 is 0 Å². The van der Waals surface area contributed by atoms with E-state index in [1.54, 1.807) is 0 Å². The highest BCUT2D eigenvalue weighted by molar-refractivity contribution is 4.75. The minimum atomic E-state index is 0.552. The van der Waals surface area contributed by atoms with Crippen molar-refractivity contribution < 1.29 is 4.74 Å². The monoisotopic (exact) mass is 241 g/mol. The van der Waals surface area contributed by atoms with Crippen molar-refractivity contribution >= 4 is 0 Å². The lowest BCUT2D eigenvalue weighted by atomic mass is 9.79. The van der Waals surface area contributed by atoms with Gasteiger partial charge in [0.05, 0.1) is 13.3 Å². The molecule has 0 aromatic rings. The number of hydrogen-bond donors (Lipinski definition) is 0. The summed E-state index contributed by atoms with van der Waals surface area (Å²) in [6.45, 7) is 11.2. The number of nitrogens with zero attached hydrogens (tertiary/aromatic N) is 1. The molecule has 1 unspecified atom stereocenters. The molecule has 1 atom stereocenters. The average Bonchev–Trinajstić information content (AvgIpc) is 2.85. The third-order valence-electron chi connectivity index (χ3n) is 4.34. The van der Waals surface area contributed by atoms with E-state index >= 15 is 0 Å². The molecule has 0 spiro atoms. The van der Waals surface area contributed by atoms with Crippen molar-refractivity contribution in [1.82, 2.24) is 4.90 Å². The lowest BCUT2D eigenvalue weighted by molar-refractivity contribution is 0.125. The van der Waals surface area contributed by atoms with Gasteiger partial charge in [0.2, 0.25) is 0 Å². The van der Waals surface area contributed by atoms with E-state index in [9.17, 15) is 0 Å². The summed E-state index contributed by atoms with van der Waals surface area (Å²) in [4.78, 5) is 2.44. The first-order valence-electron chi connectivity index (χ1n) is 7.50. The van der Waals surface area contributed by atoms with Crippen LogP contribution in [0.1, 0.15) is 65.7 Å². The highest BCUT2D eigenvalue weighted by Gasteiger charge is 2.23. The quantitative estimate of drug-likeness (QED) is 0.565. The standard InChI is InChI=1S/C15H31NO/c1-4-6-7-8-9-15(3,5-2)10-11-16-12-13-17-14-16/h4-14H2,1-3H3. The summed E-state index contributed by atoms with van der Waals surface area (Å²) in [5, 5.41) is 0. The highest BCUT2D eigenvalue weighted by Crippen LogP contribution is 2.32. The van der Waals surface area contributed by atoms with Crippen LogP contribution in [0.5, 0.6) is 0 Å². The third-order valence-corrected chi connectivity index (χ3v) is 4.34. The highest BCUT2D eigenvalue weighted by atomic mass is 16.5. The lowest BCUT2D eigenvalue weighted by Gasteiger charge is -2.30. The second-order valence-electron chi connectivity index (χ2n) is 5.88. The minimum absolute atomic E-state index is 0.552. The van der Waals surface area contributed by atoms with Gasteiger partial charge in [0.15, 0.2) is 0 Å². The van der Waals surface area contributed by atoms with Gasteiger partial charge in [0.25, 0.3) is 0 Å². The molecule has 102 valence electrons. The minimum Gasteiger partial charge on any atom is -0.365 e.